The molecule has 0 amide bonds. The second-order valence-corrected chi connectivity index (χ2v) is 13.1. The third kappa shape index (κ3) is 5.12. The van der Waals surface area contributed by atoms with Crippen LogP contribution in [-0.4, -0.2) is 15.0 Å². The van der Waals surface area contributed by atoms with Crippen molar-refractivity contribution in [3.63, 3.8) is 0 Å². The van der Waals surface area contributed by atoms with Gasteiger partial charge in [0, 0.05) is 44.9 Å². The van der Waals surface area contributed by atoms with E-state index < -0.39 is 0 Å². The van der Waals surface area contributed by atoms with Gasteiger partial charge in [0.25, 0.3) is 0 Å². The summed E-state index contributed by atoms with van der Waals surface area (Å²) in [6.07, 6.45) is 15.4. The maximum Gasteiger partial charge on any atom is 0.164 e. The molecular formula is C47H31N3O. The van der Waals surface area contributed by atoms with E-state index in [1.54, 1.807) is 0 Å². The number of fused-ring (bicyclic) bond motifs is 5. The van der Waals surface area contributed by atoms with Gasteiger partial charge in [0.15, 0.2) is 17.5 Å². The van der Waals surface area contributed by atoms with Gasteiger partial charge < -0.3 is 4.42 Å². The Morgan fingerprint density at radius 3 is 2.00 bits per heavy atom. The highest BCUT2D eigenvalue weighted by Gasteiger charge is 2.23. The second kappa shape index (κ2) is 12.0. The van der Waals surface area contributed by atoms with Gasteiger partial charge in [0.2, 0.25) is 0 Å². The van der Waals surface area contributed by atoms with Crippen LogP contribution < -0.4 is 0 Å². The van der Waals surface area contributed by atoms with Crippen LogP contribution in [0, 0.1) is 11.8 Å². The van der Waals surface area contributed by atoms with Gasteiger partial charge in [-0.25, -0.2) is 15.0 Å². The molecule has 2 aromatic heterocycles. The van der Waals surface area contributed by atoms with Crippen LogP contribution in [0.4, 0.5) is 0 Å². The number of benzene rings is 6. The molecule has 0 saturated heterocycles. The molecule has 2 heterocycles. The number of furan rings is 1. The molecule has 2 aliphatic carbocycles. The summed E-state index contributed by atoms with van der Waals surface area (Å²) >= 11 is 0. The third-order valence-corrected chi connectivity index (χ3v) is 10.1. The summed E-state index contributed by atoms with van der Waals surface area (Å²) in [5.74, 6) is 2.48. The summed E-state index contributed by atoms with van der Waals surface area (Å²) in [6, 6.07) is 46.4. The van der Waals surface area contributed by atoms with E-state index in [-0.39, 0.29) is 5.92 Å². The van der Waals surface area contributed by atoms with Gasteiger partial charge in [0.1, 0.15) is 11.2 Å². The van der Waals surface area contributed by atoms with Crippen molar-refractivity contribution >= 4 is 38.3 Å². The van der Waals surface area contributed by atoms with Crippen LogP contribution in [0.5, 0.6) is 0 Å². The molecule has 0 aliphatic heterocycles. The van der Waals surface area contributed by atoms with Crippen LogP contribution in [0.3, 0.4) is 0 Å². The van der Waals surface area contributed by atoms with Gasteiger partial charge in [-0.05, 0) is 45.7 Å². The molecule has 2 aliphatic rings. The number of allylic oxidation sites excluding steroid dienone is 8. The highest BCUT2D eigenvalue weighted by molar-refractivity contribution is 6.15. The van der Waals surface area contributed by atoms with Crippen molar-refractivity contribution in [3.05, 3.63) is 182 Å². The number of nitrogens with zero attached hydrogens (tertiary/aromatic N) is 3. The van der Waals surface area contributed by atoms with Crippen molar-refractivity contribution in [1.29, 1.82) is 0 Å². The molecule has 0 saturated carbocycles. The van der Waals surface area contributed by atoms with Crippen LogP contribution in [0.2, 0.25) is 0 Å². The minimum Gasteiger partial charge on any atom is -0.455 e. The van der Waals surface area contributed by atoms with E-state index in [9.17, 15) is 0 Å². The van der Waals surface area contributed by atoms with Crippen molar-refractivity contribution in [1.82, 2.24) is 15.0 Å². The lowest BCUT2D eigenvalue weighted by Gasteiger charge is -2.22. The van der Waals surface area contributed by atoms with Crippen molar-refractivity contribution in [2.45, 2.75) is 0 Å². The Morgan fingerprint density at radius 2 is 1.12 bits per heavy atom. The number of para-hydroxylation sites is 1. The van der Waals surface area contributed by atoms with Gasteiger partial charge in [-0.2, -0.15) is 0 Å². The molecular weight excluding hydrogens is 623 g/mol. The maximum atomic E-state index is 6.60. The molecule has 4 nitrogen and oxygen atoms in total. The zero-order chi connectivity index (χ0) is 33.7. The standard InChI is InChI=1S/C47H31N3O/c1-2-12-32(13-3-1)39-27-28-41(43-40-18-8-9-20-42(40)51-44(39)43)47-49-45(48-46(50-47)36-26-21-30-11-4-5-15-35(30)29-36)34-24-22-33(23-25-34)38-19-10-16-31-14-6-7-17-37(31)38/h1-30,35H. The number of aromatic nitrogens is 3. The van der Waals surface area contributed by atoms with Crippen LogP contribution in [0.25, 0.3) is 83.3 Å². The number of hydrogen-bond donors (Lipinski definition) is 0. The average Bonchev–Trinajstić information content (AvgIpc) is 3.60. The van der Waals surface area contributed by atoms with Gasteiger partial charge in [-0.3, -0.25) is 0 Å². The molecule has 0 N–H and O–H groups in total. The SMILES string of the molecule is C1=CC2C=CC(c3nc(-c4ccc(-c5cccc6ccccc56)cc4)nc(-c4ccc(-c5ccccc5)c5oc6ccccc6c45)n3)=CC2C=C1. The first kappa shape index (κ1) is 29.3. The van der Waals surface area contributed by atoms with Crippen molar-refractivity contribution in [2.75, 3.05) is 0 Å². The van der Waals surface area contributed by atoms with Crippen molar-refractivity contribution in [2.24, 2.45) is 11.8 Å². The molecule has 6 aromatic carbocycles. The van der Waals surface area contributed by atoms with E-state index in [4.69, 9.17) is 19.4 Å². The Labute approximate surface area is 295 Å². The fraction of sp³-hybridized carbons (Fsp3) is 0.0426. The van der Waals surface area contributed by atoms with E-state index in [1.807, 2.05) is 18.2 Å². The summed E-state index contributed by atoms with van der Waals surface area (Å²) < 4.78 is 6.60. The number of rotatable bonds is 5. The van der Waals surface area contributed by atoms with Crippen LogP contribution >= 0.6 is 0 Å². The molecule has 51 heavy (non-hydrogen) atoms. The smallest absolute Gasteiger partial charge is 0.164 e. The highest BCUT2D eigenvalue weighted by atomic mass is 16.3. The minimum absolute atomic E-state index is 0.258. The molecule has 2 atom stereocenters. The predicted octanol–water partition coefficient (Wildman–Crippen LogP) is 11.9. The monoisotopic (exact) mass is 653 g/mol. The fourth-order valence-corrected chi connectivity index (χ4v) is 7.52. The minimum atomic E-state index is 0.258. The zero-order valence-electron chi connectivity index (χ0n) is 27.6. The lowest BCUT2D eigenvalue weighted by Crippen LogP contribution is -2.12. The molecule has 2 unspecified atom stereocenters. The Morgan fingerprint density at radius 1 is 0.451 bits per heavy atom. The van der Waals surface area contributed by atoms with Crippen molar-refractivity contribution < 1.29 is 4.42 Å². The van der Waals surface area contributed by atoms with E-state index in [2.05, 4.69) is 158 Å². The Hall–Kier alpha value is -6.65. The largest absolute Gasteiger partial charge is 0.455 e. The molecule has 0 spiro atoms. The first-order chi connectivity index (χ1) is 25.3. The highest BCUT2D eigenvalue weighted by Crippen LogP contribution is 2.42. The van der Waals surface area contributed by atoms with Crippen molar-refractivity contribution in [3.8, 4) is 45.0 Å². The van der Waals surface area contributed by atoms with E-state index in [1.165, 1.54) is 16.3 Å². The summed E-state index contributed by atoms with van der Waals surface area (Å²) in [7, 11) is 0. The van der Waals surface area contributed by atoms with E-state index >= 15 is 0 Å². The normalized spacial score (nSPS) is 16.5. The lowest BCUT2D eigenvalue weighted by molar-refractivity contribution is 0.662. The van der Waals surface area contributed by atoms with Crippen LogP contribution in [0.15, 0.2) is 180 Å². The second-order valence-electron chi connectivity index (χ2n) is 13.1. The number of hydrogen-bond acceptors (Lipinski definition) is 4. The summed E-state index contributed by atoms with van der Waals surface area (Å²) in [4.78, 5) is 15.5. The fourth-order valence-electron chi connectivity index (χ4n) is 7.52. The molecule has 4 heteroatoms. The molecule has 8 aromatic rings. The first-order valence-corrected chi connectivity index (χ1v) is 17.4. The third-order valence-electron chi connectivity index (χ3n) is 10.1. The van der Waals surface area contributed by atoms with Gasteiger partial charge in [-0.15, -0.1) is 0 Å². The summed E-state index contributed by atoms with van der Waals surface area (Å²) in [5, 5.41) is 4.48. The summed E-state index contributed by atoms with van der Waals surface area (Å²) in [6.45, 7) is 0. The first-order valence-electron chi connectivity index (χ1n) is 17.4. The average molecular weight is 654 g/mol. The topological polar surface area (TPSA) is 51.8 Å². The quantitative estimate of drug-likeness (QED) is 0.185. The molecule has 240 valence electrons. The molecule has 0 radical (unpaired) electrons. The molecule has 0 bridgehead atoms. The van der Waals surface area contributed by atoms with Crippen LogP contribution in [0.1, 0.15) is 5.82 Å². The zero-order valence-corrected chi connectivity index (χ0v) is 27.6. The maximum absolute atomic E-state index is 6.60. The Balaban J connectivity index is 1.16. The molecule has 10 rings (SSSR count). The van der Waals surface area contributed by atoms with Gasteiger partial charge >= 0.3 is 0 Å². The van der Waals surface area contributed by atoms with Crippen LogP contribution in [-0.2, 0) is 0 Å². The van der Waals surface area contributed by atoms with Gasteiger partial charge in [0.05, 0.1) is 0 Å². The van der Waals surface area contributed by atoms with E-state index in [0.717, 1.165) is 55.3 Å². The Bertz CT molecular complexity index is 2740. The predicted molar refractivity (Wildman–Crippen MR) is 209 cm³/mol. The lowest BCUT2D eigenvalue weighted by atomic mass is 9.83. The summed E-state index contributed by atoms with van der Waals surface area (Å²) in [5.41, 5.74) is 8.95. The van der Waals surface area contributed by atoms with E-state index in [0.29, 0.717) is 23.4 Å². The van der Waals surface area contributed by atoms with Gasteiger partial charge in [-0.1, -0.05) is 158 Å². The molecule has 0 fully saturated rings. The Kier molecular flexibility index (Phi) is 6.91.